The predicted octanol–water partition coefficient (Wildman–Crippen LogP) is 4.35. The lowest BCUT2D eigenvalue weighted by molar-refractivity contribution is 0.0954. The lowest BCUT2D eigenvalue weighted by Gasteiger charge is -2.13. The summed E-state index contributed by atoms with van der Waals surface area (Å²) in [6.07, 6.45) is 0.701. The molecule has 0 unspecified atom stereocenters. The third kappa shape index (κ3) is 3.51. The summed E-state index contributed by atoms with van der Waals surface area (Å²) in [5.74, 6) is 0.934. The summed E-state index contributed by atoms with van der Waals surface area (Å²) >= 11 is 3.39. The highest BCUT2D eigenvalue weighted by Crippen LogP contribution is 2.21. The Morgan fingerprint density at radius 2 is 2.00 bits per heavy atom. The van der Waals surface area contributed by atoms with Crippen LogP contribution in [0.2, 0.25) is 0 Å². The minimum absolute atomic E-state index is 0.0662. The molecule has 24 heavy (non-hydrogen) atoms. The third-order valence-electron chi connectivity index (χ3n) is 3.91. The second kappa shape index (κ2) is 7.18. The molecule has 1 aromatic heterocycles. The molecule has 4 nitrogen and oxygen atoms in total. The first kappa shape index (κ1) is 16.7. The van der Waals surface area contributed by atoms with E-state index in [-0.39, 0.29) is 5.91 Å². The number of halogens is 1. The van der Waals surface area contributed by atoms with E-state index in [1.807, 2.05) is 42.5 Å². The molecule has 0 saturated heterocycles. The first-order valence-corrected chi connectivity index (χ1v) is 8.85. The summed E-state index contributed by atoms with van der Waals surface area (Å²) in [5.41, 5.74) is 2.79. The normalized spacial score (nSPS) is 11.2. The molecule has 0 radical (unpaired) electrons. The van der Waals surface area contributed by atoms with Crippen LogP contribution in [0.5, 0.6) is 0 Å². The first-order chi connectivity index (χ1) is 11.6. The van der Waals surface area contributed by atoms with Crippen molar-refractivity contribution in [1.29, 1.82) is 0 Å². The van der Waals surface area contributed by atoms with Gasteiger partial charge in [-0.1, -0.05) is 34.1 Å². The minimum atomic E-state index is -0.0662. The Morgan fingerprint density at radius 3 is 2.75 bits per heavy atom. The van der Waals surface area contributed by atoms with Gasteiger partial charge >= 0.3 is 0 Å². The number of hydrogen-bond acceptors (Lipinski definition) is 2. The molecule has 0 aliphatic rings. The SMILES string of the molecule is CC(C)n1c(CCNC(=O)c2cccc(Br)c2)nc2ccccc21. The van der Waals surface area contributed by atoms with Gasteiger partial charge in [0.2, 0.25) is 0 Å². The second-order valence-corrected chi connectivity index (χ2v) is 6.91. The van der Waals surface area contributed by atoms with Crippen LogP contribution >= 0.6 is 15.9 Å². The Hall–Kier alpha value is -2.14. The van der Waals surface area contributed by atoms with Crippen molar-refractivity contribution in [2.75, 3.05) is 6.54 Å². The van der Waals surface area contributed by atoms with Gasteiger partial charge in [0.1, 0.15) is 5.82 Å². The lowest BCUT2D eigenvalue weighted by Crippen LogP contribution is -2.26. The van der Waals surface area contributed by atoms with Crippen molar-refractivity contribution in [3.8, 4) is 0 Å². The van der Waals surface area contributed by atoms with Crippen molar-refractivity contribution in [2.45, 2.75) is 26.3 Å². The van der Waals surface area contributed by atoms with E-state index >= 15 is 0 Å². The number of nitrogens with one attached hydrogen (secondary N) is 1. The maximum absolute atomic E-state index is 12.2. The van der Waals surface area contributed by atoms with Crippen molar-refractivity contribution in [2.24, 2.45) is 0 Å². The summed E-state index contributed by atoms with van der Waals surface area (Å²) in [6.45, 7) is 4.86. The Morgan fingerprint density at radius 1 is 1.21 bits per heavy atom. The maximum Gasteiger partial charge on any atom is 0.251 e. The molecule has 0 aliphatic heterocycles. The van der Waals surface area contributed by atoms with Gasteiger partial charge in [-0.2, -0.15) is 0 Å². The number of carbonyl (C=O) groups is 1. The summed E-state index contributed by atoms with van der Waals surface area (Å²) < 4.78 is 3.14. The largest absolute Gasteiger partial charge is 0.352 e. The highest BCUT2D eigenvalue weighted by molar-refractivity contribution is 9.10. The van der Waals surface area contributed by atoms with E-state index in [1.54, 1.807) is 0 Å². The maximum atomic E-state index is 12.2. The molecule has 0 saturated carbocycles. The fourth-order valence-corrected chi connectivity index (χ4v) is 3.27. The van der Waals surface area contributed by atoms with Crippen LogP contribution in [-0.4, -0.2) is 22.0 Å². The average molecular weight is 386 g/mol. The Labute approximate surface area is 150 Å². The molecule has 1 N–H and O–H groups in total. The average Bonchev–Trinajstić information content (AvgIpc) is 2.93. The lowest BCUT2D eigenvalue weighted by atomic mass is 10.2. The number of amides is 1. The zero-order valence-corrected chi connectivity index (χ0v) is 15.4. The van der Waals surface area contributed by atoms with E-state index < -0.39 is 0 Å². The molecule has 0 spiro atoms. The van der Waals surface area contributed by atoms with Gasteiger partial charge in [0.05, 0.1) is 11.0 Å². The number of imidazole rings is 1. The van der Waals surface area contributed by atoms with Crippen LogP contribution in [0.3, 0.4) is 0 Å². The summed E-state index contributed by atoms with van der Waals surface area (Å²) in [4.78, 5) is 16.9. The van der Waals surface area contributed by atoms with Crippen LogP contribution in [0.4, 0.5) is 0 Å². The summed E-state index contributed by atoms with van der Waals surface area (Å²) in [5, 5.41) is 2.97. The van der Waals surface area contributed by atoms with Crippen molar-refractivity contribution < 1.29 is 4.79 Å². The molecule has 5 heteroatoms. The molecule has 3 rings (SSSR count). The van der Waals surface area contributed by atoms with E-state index in [0.717, 1.165) is 21.3 Å². The van der Waals surface area contributed by atoms with Gasteiger partial charge in [0, 0.05) is 29.0 Å². The molecule has 3 aromatic rings. The Balaban J connectivity index is 1.72. The molecular formula is C19H20BrN3O. The second-order valence-electron chi connectivity index (χ2n) is 6.00. The number of fused-ring (bicyclic) bond motifs is 1. The van der Waals surface area contributed by atoms with Crippen molar-refractivity contribution in [1.82, 2.24) is 14.9 Å². The van der Waals surface area contributed by atoms with E-state index in [0.29, 0.717) is 24.6 Å². The number of carbonyl (C=O) groups excluding carboxylic acids is 1. The van der Waals surface area contributed by atoms with Gasteiger partial charge in [-0.3, -0.25) is 4.79 Å². The molecule has 124 valence electrons. The van der Waals surface area contributed by atoms with E-state index in [1.165, 1.54) is 0 Å². The van der Waals surface area contributed by atoms with Crippen LogP contribution in [0.15, 0.2) is 53.0 Å². The van der Waals surface area contributed by atoms with Gasteiger partial charge in [0.15, 0.2) is 0 Å². The van der Waals surface area contributed by atoms with Gasteiger partial charge in [0.25, 0.3) is 5.91 Å². The van der Waals surface area contributed by atoms with E-state index in [4.69, 9.17) is 4.98 Å². The smallest absolute Gasteiger partial charge is 0.251 e. The number of benzene rings is 2. The molecule has 0 aliphatic carbocycles. The molecule has 0 fully saturated rings. The monoisotopic (exact) mass is 385 g/mol. The fourth-order valence-electron chi connectivity index (χ4n) is 2.87. The number of para-hydroxylation sites is 2. The Bertz CT molecular complexity index is 870. The molecule has 0 atom stereocenters. The van der Waals surface area contributed by atoms with E-state index in [9.17, 15) is 4.79 Å². The highest BCUT2D eigenvalue weighted by atomic mass is 79.9. The van der Waals surface area contributed by atoms with Gasteiger partial charge in [-0.25, -0.2) is 4.98 Å². The zero-order valence-electron chi connectivity index (χ0n) is 13.8. The van der Waals surface area contributed by atoms with Crippen LogP contribution in [0.25, 0.3) is 11.0 Å². The zero-order chi connectivity index (χ0) is 17.1. The quantitative estimate of drug-likeness (QED) is 0.709. The van der Waals surface area contributed by atoms with Crippen LogP contribution < -0.4 is 5.32 Å². The third-order valence-corrected chi connectivity index (χ3v) is 4.40. The topological polar surface area (TPSA) is 46.9 Å². The number of aromatic nitrogens is 2. The molecule has 2 aromatic carbocycles. The van der Waals surface area contributed by atoms with Crippen molar-refractivity contribution in [3.05, 3.63) is 64.4 Å². The van der Waals surface area contributed by atoms with Crippen LogP contribution in [-0.2, 0) is 6.42 Å². The van der Waals surface area contributed by atoms with Crippen molar-refractivity contribution >= 4 is 32.9 Å². The first-order valence-electron chi connectivity index (χ1n) is 8.06. The standard InChI is InChI=1S/C19H20BrN3O/c1-13(2)23-17-9-4-3-8-16(17)22-18(23)10-11-21-19(24)14-6-5-7-15(20)12-14/h3-9,12-13H,10-11H2,1-2H3,(H,21,24). The predicted molar refractivity (Wildman–Crippen MR) is 100 cm³/mol. The number of nitrogens with zero attached hydrogens (tertiary/aromatic N) is 2. The highest BCUT2D eigenvalue weighted by Gasteiger charge is 2.13. The summed E-state index contributed by atoms with van der Waals surface area (Å²) in [7, 11) is 0. The number of rotatable bonds is 5. The number of hydrogen-bond donors (Lipinski definition) is 1. The van der Waals surface area contributed by atoms with E-state index in [2.05, 4.69) is 45.7 Å². The van der Waals surface area contributed by atoms with Gasteiger partial charge in [-0.15, -0.1) is 0 Å². The molecular weight excluding hydrogens is 366 g/mol. The van der Waals surface area contributed by atoms with Crippen molar-refractivity contribution in [3.63, 3.8) is 0 Å². The van der Waals surface area contributed by atoms with Gasteiger partial charge < -0.3 is 9.88 Å². The van der Waals surface area contributed by atoms with Crippen LogP contribution in [0, 0.1) is 0 Å². The molecule has 1 heterocycles. The molecule has 0 bridgehead atoms. The summed E-state index contributed by atoms with van der Waals surface area (Å²) in [6, 6.07) is 15.9. The Kier molecular flexibility index (Phi) is 5.00. The van der Waals surface area contributed by atoms with Crippen LogP contribution in [0.1, 0.15) is 36.1 Å². The minimum Gasteiger partial charge on any atom is -0.352 e. The fraction of sp³-hybridized carbons (Fsp3) is 0.263. The molecule has 1 amide bonds. The van der Waals surface area contributed by atoms with Gasteiger partial charge in [-0.05, 0) is 44.2 Å².